The van der Waals surface area contributed by atoms with Gasteiger partial charge in [0.1, 0.15) is 5.75 Å². The summed E-state index contributed by atoms with van der Waals surface area (Å²) in [5.74, 6) is 0.911. The number of rotatable bonds is 10. The Morgan fingerprint density at radius 3 is 2.42 bits per heavy atom. The van der Waals surface area contributed by atoms with Crippen LogP contribution in [0.15, 0.2) is 24.3 Å². The number of amides is 1. The molecule has 1 aromatic rings. The van der Waals surface area contributed by atoms with Crippen LogP contribution < -0.4 is 4.74 Å². The van der Waals surface area contributed by atoms with Crippen LogP contribution in [0, 0.1) is 11.3 Å². The fraction of sp³-hybridized carbons (Fsp3) is 0.619. The third-order valence-corrected chi connectivity index (χ3v) is 4.82. The van der Waals surface area contributed by atoms with Gasteiger partial charge in [-0.1, -0.05) is 32.6 Å². The summed E-state index contributed by atoms with van der Waals surface area (Å²) < 4.78 is 5.76. The normalized spacial score (nSPS) is 14.8. The Labute approximate surface area is 157 Å². The zero-order valence-electron chi connectivity index (χ0n) is 16.0. The maximum Gasteiger partial charge on any atom is 0.253 e. The van der Waals surface area contributed by atoms with Crippen LogP contribution in [-0.2, 0) is 0 Å². The lowest BCUT2D eigenvalue weighted by atomic mass is 10.1. The second-order valence-electron chi connectivity index (χ2n) is 6.83. The minimum absolute atomic E-state index is 0.0797. The fourth-order valence-electron chi connectivity index (χ4n) is 3.15. The first-order valence-corrected chi connectivity index (χ1v) is 9.86. The Morgan fingerprint density at radius 1 is 1.08 bits per heavy atom. The molecule has 2 rings (SSSR count). The molecule has 0 aromatic heterocycles. The molecule has 1 fully saturated rings. The summed E-state index contributed by atoms with van der Waals surface area (Å²) in [6.07, 6.45) is 6.67. The number of ether oxygens (including phenoxy) is 1. The number of benzene rings is 1. The summed E-state index contributed by atoms with van der Waals surface area (Å²) in [5.41, 5.74) is 0.714. The highest BCUT2D eigenvalue weighted by atomic mass is 16.5. The Hall–Kier alpha value is -2.06. The van der Waals surface area contributed by atoms with Gasteiger partial charge in [0.25, 0.3) is 5.91 Å². The predicted molar refractivity (Wildman–Crippen MR) is 103 cm³/mol. The van der Waals surface area contributed by atoms with E-state index in [1.807, 2.05) is 29.2 Å². The molecule has 0 bridgehead atoms. The molecule has 0 unspecified atom stereocenters. The number of carbonyl (C=O) groups is 1. The lowest BCUT2D eigenvalue weighted by Gasteiger charge is -2.34. The molecule has 5 heteroatoms. The number of nitrogens with zero attached hydrogens (tertiary/aromatic N) is 3. The van der Waals surface area contributed by atoms with Crippen LogP contribution in [0.4, 0.5) is 0 Å². The van der Waals surface area contributed by atoms with Gasteiger partial charge in [-0.2, -0.15) is 5.26 Å². The lowest BCUT2D eigenvalue weighted by Crippen LogP contribution is -2.48. The van der Waals surface area contributed by atoms with E-state index in [2.05, 4.69) is 17.9 Å². The minimum atomic E-state index is 0.0797. The van der Waals surface area contributed by atoms with Crippen molar-refractivity contribution >= 4 is 5.91 Å². The van der Waals surface area contributed by atoms with Crippen LogP contribution in [0.2, 0.25) is 0 Å². The summed E-state index contributed by atoms with van der Waals surface area (Å²) in [4.78, 5) is 16.7. The number of nitriles is 1. The highest BCUT2D eigenvalue weighted by molar-refractivity contribution is 5.94. The molecule has 1 amide bonds. The largest absolute Gasteiger partial charge is 0.494 e. The van der Waals surface area contributed by atoms with Gasteiger partial charge in [-0.25, -0.2) is 0 Å². The molecule has 1 heterocycles. The zero-order chi connectivity index (χ0) is 18.6. The van der Waals surface area contributed by atoms with Crippen molar-refractivity contribution in [3.63, 3.8) is 0 Å². The van der Waals surface area contributed by atoms with E-state index in [-0.39, 0.29) is 5.91 Å². The molecule has 1 aromatic carbocycles. The van der Waals surface area contributed by atoms with E-state index in [0.29, 0.717) is 12.0 Å². The Bertz CT molecular complexity index is 572. The molecule has 1 aliphatic rings. The van der Waals surface area contributed by atoms with Crippen molar-refractivity contribution < 1.29 is 9.53 Å². The topological polar surface area (TPSA) is 56.6 Å². The fourth-order valence-corrected chi connectivity index (χ4v) is 3.15. The van der Waals surface area contributed by atoms with Gasteiger partial charge in [0.05, 0.1) is 12.7 Å². The van der Waals surface area contributed by atoms with Crippen molar-refractivity contribution in [2.24, 2.45) is 0 Å². The third-order valence-electron chi connectivity index (χ3n) is 4.82. The standard InChI is InChI=1S/C21H31N3O2/c1-2-3-4-5-6-18-26-20-10-8-19(9-11-20)21(25)24-16-14-23(15-17-24)13-7-12-22/h8-11H,2-7,13-18H2,1H3. The summed E-state index contributed by atoms with van der Waals surface area (Å²) in [6, 6.07) is 9.67. The second-order valence-corrected chi connectivity index (χ2v) is 6.83. The number of carbonyl (C=O) groups excluding carboxylic acids is 1. The smallest absolute Gasteiger partial charge is 0.253 e. The monoisotopic (exact) mass is 357 g/mol. The molecule has 1 aliphatic heterocycles. The Balaban J connectivity index is 1.72. The highest BCUT2D eigenvalue weighted by Gasteiger charge is 2.21. The summed E-state index contributed by atoms with van der Waals surface area (Å²) in [5, 5.41) is 8.66. The van der Waals surface area contributed by atoms with Gasteiger partial charge in [0.2, 0.25) is 0 Å². The van der Waals surface area contributed by atoms with Crippen molar-refractivity contribution in [3.05, 3.63) is 29.8 Å². The summed E-state index contributed by atoms with van der Waals surface area (Å²) in [7, 11) is 0. The molecule has 0 N–H and O–H groups in total. The minimum Gasteiger partial charge on any atom is -0.494 e. The van der Waals surface area contributed by atoms with E-state index >= 15 is 0 Å². The first-order chi connectivity index (χ1) is 12.7. The van der Waals surface area contributed by atoms with Crippen molar-refractivity contribution in [2.45, 2.75) is 45.4 Å². The van der Waals surface area contributed by atoms with Crippen LogP contribution in [0.25, 0.3) is 0 Å². The van der Waals surface area contributed by atoms with Gasteiger partial charge in [0.15, 0.2) is 0 Å². The number of hydrogen-bond acceptors (Lipinski definition) is 4. The van der Waals surface area contributed by atoms with E-state index in [4.69, 9.17) is 10.00 Å². The maximum absolute atomic E-state index is 12.6. The second kappa shape index (κ2) is 11.5. The molecule has 0 saturated carbocycles. The van der Waals surface area contributed by atoms with Gasteiger partial charge >= 0.3 is 0 Å². The molecule has 1 saturated heterocycles. The van der Waals surface area contributed by atoms with Crippen LogP contribution in [0.5, 0.6) is 5.75 Å². The van der Waals surface area contributed by atoms with Crippen molar-refractivity contribution in [1.29, 1.82) is 5.26 Å². The van der Waals surface area contributed by atoms with Crippen LogP contribution in [0.3, 0.4) is 0 Å². The van der Waals surface area contributed by atoms with Crippen molar-refractivity contribution in [3.8, 4) is 11.8 Å². The van der Waals surface area contributed by atoms with Crippen molar-refractivity contribution in [1.82, 2.24) is 9.80 Å². The molecular weight excluding hydrogens is 326 g/mol. The molecule has 5 nitrogen and oxygen atoms in total. The Kier molecular flexibility index (Phi) is 8.99. The van der Waals surface area contributed by atoms with Crippen LogP contribution >= 0.6 is 0 Å². The van der Waals surface area contributed by atoms with Crippen LogP contribution in [0.1, 0.15) is 55.8 Å². The van der Waals surface area contributed by atoms with E-state index in [0.717, 1.165) is 51.5 Å². The van der Waals surface area contributed by atoms with Gasteiger partial charge in [-0.3, -0.25) is 9.69 Å². The first-order valence-electron chi connectivity index (χ1n) is 9.86. The highest BCUT2D eigenvalue weighted by Crippen LogP contribution is 2.16. The van der Waals surface area contributed by atoms with Crippen molar-refractivity contribution in [2.75, 3.05) is 39.3 Å². The number of hydrogen-bond donors (Lipinski definition) is 0. The SMILES string of the molecule is CCCCCCCOc1ccc(C(=O)N2CCN(CCC#N)CC2)cc1. The molecule has 0 aliphatic carbocycles. The third kappa shape index (κ3) is 6.68. The zero-order valence-corrected chi connectivity index (χ0v) is 16.0. The predicted octanol–water partition coefficient (Wildman–Crippen LogP) is 3.71. The summed E-state index contributed by atoms with van der Waals surface area (Å²) in [6.45, 7) is 6.87. The average molecular weight is 357 g/mol. The van der Waals surface area contributed by atoms with E-state index in [1.54, 1.807) is 0 Å². The maximum atomic E-state index is 12.6. The lowest BCUT2D eigenvalue weighted by molar-refractivity contribution is 0.0639. The molecular formula is C21H31N3O2. The van der Waals surface area contributed by atoms with Gasteiger partial charge < -0.3 is 9.64 Å². The van der Waals surface area contributed by atoms with Gasteiger partial charge in [-0.15, -0.1) is 0 Å². The first kappa shape index (κ1) is 20.3. The average Bonchev–Trinajstić information content (AvgIpc) is 2.69. The number of piperazine rings is 1. The molecule has 0 radical (unpaired) electrons. The molecule has 0 spiro atoms. The van der Waals surface area contributed by atoms with E-state index in [9.17, 15) is 4.79 Å². The van der Waals surface area contributed by atoms with Crippen LogP contribution in [-0.4, -0.2) is 55.0 Å². The summed E-state index contributed by atoms with van der Waals surface area (Å²) >= 11 is 0. The Morgan fingerprint density at radius 2 is 1.77 bits per heavy atom. The van der Waals surface area contributed by atoms with Gasteiger partial charge in [0, 0.05) is 44.7 Å². The molecule has 142 valence electrons. The van der Waals surface area contributed by atoms with E-state index < -0.39 is 0 Å². The van der Waals surface area contributed by atoms with E-state index in [1.165, 1.54) is 25.7 Å². The number of unbranched alkanes of at least 4 members (excludes halogenated alkanes) is 4. The molecule has 26 heavy (non-hydrogen) atoms. The quantitative estimate of drug-likeness (QED) is 0.599. The van der Waals surface area contributed by atoms with Gasteiger partial charge in [-0.05, 0) is 30.7 Å². The molecule has 0 atom stereocenters.